The highest BCUT2D eigenvalue weighted by molar-refractivity contribution is 7.80. The number of hydrogen-bond donors (Lipinski definition) is 2. The van der Waals surface area contributed by atoms with Gasteiger partial charge >= 0.3 is 0 Å². The van der Waals surface area contributed by atoms with Crippen molar-refractivity contribution in [2.75, 3.05) is 5.32 Å². The van der Waals surface area contributed by atoms with E-state index in [4.69, 9.17) is 12.2 Å². The second-order valence-electron chi connectivity index (χ2n) is 7.51. The highest BCUT2D eigenvalue weighted by atomic mass is 32.1. The maximum atomic E-state index is 5.63. The SMILES string of the molecule is Cc1ccc(C2(NC(=S)Nc3ccc(C(C)C)cc3)CCCC2)cc1. The molecule has 2 nitrogen and oxygen atoms in total. The first-order valence-electron chi connectivity index (χ1n) is 9.25. The fraction of sp³-hybridized carbons (Fsp3) is 0.409. The highest BCUT2D eigenvalue weighted by Gasteiger charge is 2.36. The van der Waals surface area contributed by atoms with Gasteiger partial charge in [0.1, 0.15) is 0 Å². The quantitative estimate of drug-likeness (QED) is 0.672. The highest BCUT2D eigenvalue weighted by Crippen LogP contribution is 2.39. The minimum Gasteiger partial charge on any atom is -0.353 e. The summed E-state index contributed by atoms with van der Waals surface area (Å²) in [5.41, 5.74) is 4.99. The number of hydrogen-bond acceptors (Lipinski definition) is 1. The fourth-order valence-corrected chi connectivity index (χ4v) is 3.98. The number of rotatable bonds is 4. The number of benzene rings is 2. The first-order valence-corrected chi connectivity index (χ1v) is 9.66. The molecule has 0 bridgehead atoms. The predicted octanol–water partition coefficient (Wildman–Crippen LogP) is 5.87. The van der Waals surface area contributed by atoms with Gasteiger partial charge in [0.25, 0.3) is 0 Å². The maximum absolute atomic E-state index is 5.63. The second kappa shape index (κ2) is 7.57. The van der Waals surface area contributed by atoms with Crippen LogP contribution in [0.1, 0.15) is 62.1 Å². The lowest BCUT2D eigenvalue weighted by Gasteiger charge is -2.32. The first-order chi connectivity index (χ1) is 12.0. The molecule has 0 radical (unpaired) electrons. The Balaban J connectivity index is 1.72. The van der Waals surface area contributed by atoms with Crippen molar-refractivity contribution in [2.45, 2.75) is 57.9 Å². The van der Waals surface area contributed by atoms with Crippen molar-refractivity contribution < 1.29 is 0 Å². The number of anilines is 1. The van der Waals surface area contributed by atoms with Crippen LogP contribution in [0.3, 0.4) is 0 Å². The Morgan fingerprint density at radius 1 is 0.960 bits per heavy atom. The van der Waals surface area contributed by atoms with Gasteiger partial charge in [0.2, 0.25) is 0 Å². The lowest BCUT2D eigenvalue weighted by atomic mass is 9.88. The number of nitrogens with one attached hydrogen (secondary N) is 2. The van der Waals surface area contributed by atoms with Crippen molar-refractivity contribution in [3.05, 3.63) is 65.2 Å². The Bertz CT molecular complexity index is 711. The molecule has 0 heterocycles. The van der Waals surface area contributed by atoms with Crippen molar-refractivity contribution in [3.8, 4) is 0 Å². The Kier molecular flexibility index (Phi) is 5.43. The van der Waals surface area contributed by atoms with E-state index in [1.165, 1.54) is 29.5 Å². The van der Waals surface area contributed by atoms with Crippen LogP contribution in [0.4, 0.5) is 5.69 Å². The Morgan fingerprint density at radius 3 is 2.12 bits per heavy atom. The zero-order valence-electron chi connectivity index (χ0n) is 15.4. The smallest absolute Gasteiger partial charge is 0.171 e. The third-order valence-corrected chi connectivity index (χ3v) is 5.45. The van der Waals surface area contributed by atoms with E-state index >= 15 is 0 Å². The molecule has 0 amide bonds. The van der Waals surface area contributed by atoms with E-state index in [2.05, 4.69) is 79.9 Å². The van der Waals surface area contributed by atoms with E-state index in [1.54, 1.807) is 0 Å². The lowest BCUT2D eigenvalue weighted by molar-refractivity contribution is 0.408. The molecule has 0 saturated heterocycles. The van der Waals surface area contributed by atoms with Crippen molar-refractivity contribution >= 4 is 23.0 Å². The van der Waals surface area contributed by atoms with Gasteiger partial charge in [-0.25, -0.2) is 0 Å². The second-order valence-corrected chi connectivity index (χ2v) is 7.92. The summed E-state index contributed by atoms with van der Waals surface area (Å²) < 4.78 is 0. The first kappa shape index (κ1) is 17.9. The Labute approximate surface area is 157 Å². The van der Waals surface area contributed by atoms with E-state index in [0.717, 1.165) is 18.5 Å². The van der Waals surface area contributed by atoms with Gasteiger partial charge in [-0.2, -0.15) is 0 Å². The molecule has 1 fully saturated rings. The lowest BCUT2D eigenvalue weighted by Crippen LogP contribution is -2.45. The third-order valence-electron chi connectivity index (χ3n) is 5.25. The molecule has 0 unspecified atom stereocenters. The summed E-state index contributed by atoms with van der Waals surface area (Å²) in [4.78, 5) is 0. The molecule has 25 heavy (non-hydrogen) atoms. The van der Waals surface area contributed by atoms with Gasteiger partial charge in [0.15, 0.2) is 5.11 Å². The summed E-state index contributed by atoms with van der Waals surface area (Å²) >= 11 is 5.63. The minimum absolute atomic E-state index is 0.0321. The van der Waals surface area contributed by atoms with Crippen molar-refractivity contribution in [1.82, 2.24) is 5.32 Å². The summed E-state index contributed by atoms with van der Waals surface area (Å²) in [5, 5.41) is 7.70. The van der Waals surface area contributed by atoms with Gasteiger partial charge in [-0.05, 0) is 61.2 Å². The molecule has 1 saturated carbocycles. The van der Waals surface area contributed by atoms with E-state index in [0.29, 0.717) is 11.0 Å². The summed E-state index contributed by atoms with van der Waals surface area (Å²) in [6, 6.07) is 17.4. The van der Waals surface area contributed by atoms with Crippen LogP contribution in [0, 0.1) is 6.92 Å². The average molecular weight is 353 g/mol. The molecule has 3 rings (SSSR count). The van der Waals surface area contributed by atoms with Gasteiger partial charge < -0.3 is 10.6 Å². The zero-order chi connectivity index (χ0) is 17.9. The van der Waals surface area contributed by atoms with Gasteiger partial charge in [0, 0.05) is 5.69 Å². The van der Waals surface area contributed by atoms with Crippen molar-refractivity contribution in [2.24, 2.45) is 0 Å². The minimum atomic E-state index is -0.0321. The Hall–Kier alpha value is -1.87. The van der Waals surface area contributed by atoms with E-state index in [-0.39, 0.29) is 5.54 Å². The van der Waals surface area contributed by atoms with Crippen LogP contribution in [0.15, 0.2) is 48.5 Å². The molecule has 0 aliphatic heterocycles. The molecule has 3 heteroatoms. The van der Waals surface area contributed by atoms with Gasteiger partial charge in [-0.15, -0.1) is 0 Å². The van der Waals surface area contributed by atoms with Crippen LogP contribution in [-0.2, 0) is 5.54 Å². The normalized spacial score (nSPS) is 16.0. The molecule has 2 aromatic carbocycles. The summed E-state index contributed by atoms with van der Waals surface area (Å²) in [7, 11) is 0. The van der Waals surface area contributed by atoms with Crippen LogP contribution < -0.4 is 10.6 Å². The van der Waals surface area contributed by atoms with Crippen LogP contribution in [0.5, 0.6) is 0 Å². The van der Waals surface area contributed by atoms with Gasteiger partial charge in [0.05, 0.1) is 5.54 Å². The molecule has 0 aromatic heterocycles. The van der Waals surface area contributed by atoms with Crippen LogP contribution in [0.25, 0.3) is 0 Å². The standard InChI is InChI=1S/C22H28N2S/c1-16(2)18-8-12-20(13-9-18)23-21(25)24-22(14-4-5-15-22)19-10-6-17(3)7-11-19/h6-13,16H,4-5,14-15H2,1-3H3,(H2,23,24,25). The topological polar surface area (TPSA) is 24.1 Å². The monoisotopic (exact) mass is 352 g/mol. The molecule has 132 valence electrons. The molecule has 1 aliphatic carbocycles. The fourth-order valence-electron chi connectivity index (χ4n) is 3.67. The van der Waals surface area contributed by atoms with Crippen LogP contribution in [-0.4, -0.2) is 5.11 Å². The van der Waals surface area contributed by atoms with E-state index in [1.807, 2.05) is 0 Å². The molecular weight excluding hydrogens is 324 g/mol. The molecule has 2 N–H and O–H groups in total. The molecule has 2 aromatic rings. The predicted molar refractivity (Wildman–Crippen MR) is 111 cm³/mol. The average Bonchev–Trinajstić information content (AvgIpc) is 3.05. The van der Waals surface area contributed by atoms with Crippen molar-refractivity contribution in [1.29, 1.82) is 0 Å². The zero-order valence-corrected chi connectivity index (χ0v) is 16.2. The Morgan fingerprint density at radius 2 is 1.56 bits per heavy atom. The largest absolute Gasteiger partial charge is 0.353 e. The van der Waals surface area contributed by atoms with Crippen LogP contribution >= 0.6 is 12.2 Å². The molecular formula is C22H28N2S. The molecule has 0 atom stereocenters. The summed E-state index contributed by atoms with van der Waals surface area (Å²) in [5.74, 6) is 0.544. The molecule has 1 aliphatic rings. The van der Waals surface area contributed by atoms with Crippen LogP contribution in [0.2, 0.25) is 0 Å². The summed E-state index contributed by atoms with van der Waals surface area (Å²) in [6.45, 7) is 6.55. The van der Waals surface area contributed by atoms with Crippen molar-refractivity contribution in [3.63, 3.8) is 0 Å². The van der Waals surface area contributed by atoms with E-state index < -0.39 is 0 Å². The van der Waals surface area contributed by atoms with Gasteiger partial charge in [-0.3, -0.25) is 0 Å². The maximum Gasteiger partial charge on any atom is 0.171 e. The number of thiocarbonyl (C=S) groups is 1. The molecule has 0 spiro atoms. The summed E-state index contributed by atoms with van der Waals surface area (Å²) in [6.07, 6.45) is 4.74. The van der Waals surface area contributed by atoms with Gasteiger partial charge in [-0.1, -0.05) is 68.7 Å². The third kappa shape index (κ3) is 4.21. The number of aryl methyl sites for hydroxylation is 1. The van der Waals surface area contributed by atoms with E-state index in [9.17, 15) is 0 Å².